The predicted molar refractivity (Wildman–Crippen MR) is 56.5 cm³/mol. The molecule has 1 amide bonds. The first kappa shape index (κ1) is 13.7. The summed E-state index contributed by atoms with van der Waals surface area (Å²) < 4.78 is 31.4. The van der Waals surface area contributed by atoms with E-state index >= 15 is 0 Å². The molecule has 0 aromatic carbocycles. The highest BCUT2D eigenvalue weighted by Crippen LogP contribution is 2.34. The van der Waals surface area contributed by atoms with Crippen LogP contribution in [0.15, 0.2) is 0 Å². The Morgan fingerprint density at radius 1 is 1.59 bits per heavy atom. The highest BCUT2D eigenvalue weighted by atomic mass is 19.3. The fourth-order valence-corrected chi connectivity index (χ4v) is 1.72. The molecule has 1 aliphatic rings. The molecule has 0 unspecified atom stereocenters. The molecule has 17 heavy (non-hydrogen) atoms. The Morgan fingerprint density at radius 3 is 2.65 bits per heavy atom. The van der Waals surface area contributed by atoms with E-state index in [9.17, 15) is 13.6 Å². The second-order valence-corrected chi connectivity index (χ2v) is 5.18. The fraction of sp³-hybridized carbons (Fsp3) is 0.818. The van der Waals surface area contributed by atoms with Gasteiger partial charge in [-0.3, -0.25) is 4.90 Å². The van der Waals surface area contributed by atoms with Crippen molar-refractivity contribution in [2.75, 3.05) is 6.54 Å². The summed E-state index contributed by atoms with van der Waals surface area (Å²) in [5.41, 5.74) is -0.730. The van der Waals surface area contributed by atoms with Crippen LogP contribution < -0.4 is 0 Å². The molecule has 6 heteroatoms. The van der Waals surface area contributed by atoms with Gasteiger partial charge in [-0.1, -0.05) is 0 Å². The smallest absolute Gasteiger partial charge is 0.410 e. The van der Waals surface area contributed by atoms with E-state index in [1.807, 2.05) is 6.07 Å². The van der Waals surface area contributed by atoms with Gasteiger partial charge in [-0.2, -0.15) is 5.26 Å². The van der Waals surface area contributed by atoms with E-state index in [2.05, 4.69) is 0 Å². The van der Waals surface area contributed by atoms with Crippen LogP contribution in [0.2, 0.25) is 0 Å². The Morgan fingerprint density at radius 2 is 2.18 bits per heavy atom. The van der Waals surface area contributed by atoms with Crippen molar-refractivity contribution in [3.8, 4) is 6.07 Å². The third kappa shape index (κ3) is 3.84. The van der Waals surface area contributed by atoms with Crippen molar-refractivity contribution < 1.29 is 18.3 Å². The normalized spacial score (nSPS) is 23.3. The van der Waals surface area contributed by atoms with Crippen LogP contribution in [0.1, 0.15) is 33.6 Å². The number of likely N-dealkylation sites (tertiary alicyclic amines) is 1. The average molecular weight is 246 g/mol. The summed E-state index contributed by atoms with van der Waals surface area (Å²) in [5.74, 6) is -2.93. The Hall–Kier alpha value is -1.38. The number of ether oxygens (including phenoxy) is 1. The van der Waals surface area contributed by atoms with Crippen molar-refractivity contribution >= 4 is 6.09 Å². The van der Waals surface area contributed by atoms with E-state index in [0.29, 0.717) is 0 Å². The van der Waals surface area contributed by atoms with E-state index < -0.39 is 36.6 Å². The zero-order valence-electron chi connectivity index (χ0n) is 10.2. The molecule has 0 aromatic rings. The van der Waals surface area contributed by atoms with Crippen LogP contribution in [0.4, 0.5) is 13.6 Å². The molecule has 0 saturated carbocycles. The summed E-state index contributed by atoms with van der Waals surface area (Å²) in [6.07, 6.45) is -1.36. The minimum Gasteiger partial charge on any atom is -0.444 e. The lowest BCUT2D eigenvalue weighted by molar-refractivity contribution is -0.00238. The van der Waals surface area contributed by atoms with E-state index in [1.54, 1.807) is 20.8 Å². The number of nitriles is 1. The minimum absolute atomic E-state index is 0.102. The van der Waals surface area contributed by atoms with Crippen molar-refractivity contribution in [3.63, 3.8) is 0 Å². The number of amides is 1. The van der Waals surface area contributed by atoms with Crippen molar-refractivity contribution in [2.45, 2.75) is 51.2 Å². The van der Waals surface area contributed by atoms with Gasteiger partial charge in [0.1, 0.15) is 5.60 Å². The summed E-state index contributed by atoms with van der Waals surface area (Å²) in [7, 11) is 0. The summed E-state index contributed by atoms with van der Waals surface area (Å²) in [5, 5.41) is 8.56. The maximum atomic E-state index is 13.2. The van der Waals surface area contributed by atoms with Gasteiger partial charge >= 0.3 is 6.09 Å². The van der Waals surface area contributed by atoms with Crippen molar-refractivity contribution in [2.24, 2.45) is 0 Å². The van der Waals surface area contributed by atoms with E-state index in [1.165, 1.54) is 0 Å². The van der Waals surface area contributed by atoms with Crippen molar-refractivity contribution in [1.29, 1.82) is 5.26 Å². The first-order valence-corrected chi connectivity index (χ1v) is 5.39. The first-order chi connectivity index (χ1) is 7.64. The van der Waals surface area contributed by atoms with Gasteiger partial charge in [0.05, 0.1) is 25.1 Å². The molecule has 0 radical (unpaired) electrons. The number of nitrogens with zero attached hydrogens (tertiary/aromatic N) is 2. The number of alkyl halides is 2. The van der Waals surface area contributed by atoms with Gasteiger partial charge in [0.25, 0.3) is 5.92 Å². The van der Waals surface area contributed by atoms with Crippen LogP contribution in [-0.2, 0) is 4.74 Å². The van der Waals surface area contributed by atoms with Crippen molar-refractivity contribution in [1.82, 2.24) is 4.90 Å². The van der Waals surface area contributed by atoms with E-state index in [0.717, 1.165) is 4.90 Å². The van der Waals surface area contributed by atoms with Crippen LogP contribution >= 0.6 is 0 Å². The van der Waals surface area contributed by atoms with Gasteiger partial charge in [-0.15, -0.1) is 0 Å². The standard InChI is InChI=1S/C11H16F2N2O2/c1-10(2,3)17-9(16)15-7-11(12,13)6-8(15)4-5-14/h8H,4,6-7H2,1-3H3/t8-/m0/s1. The molecule has 1 fully saturated rings. The van der Waals surface area contributed by atoms with Gasteiger partial charge in [-0.05, 0) is 20.8 Å². The van der Waals surface area contributed by atoms with E-state index in [4.69, 9.17) is 10.00 Å². The zero-order chi connectivity index (χ0) is 13.3. The van der Waals surface area contributed by atoms with Crippen molar-refractivity contribution in [3.05, 3.63) is 0 Å². The van der Waals surface area contributed by atoms with Gasteiger partial charge in [-0.25, -0.2) is 13.6 Å². The molecule has 4 nitrogen and oxygen atoms in total. The SMILES string of the molecule is CC(C)(C)OC(=O)N1CC(F)(F)C[C@@H]1CC#N. The molecule has 0 aliphatic carbocycles. The van der Waals surface area contributed by atoms with Crippen LogP contribution in [0.3, 0.4) is 0 Å². The number of hydrogen-bond acceptors (Lipinski definition) is 3. The molecular formula is C11H16F2N2O2. The number of carbonyl (C=O) groups is 1. The fourth-order valence-electron chi connectivity index (χ4n) is 1.72. The molecule has 0 aromatic heterocycles. The third-order valence-electron chi connectivity index (χ3n) is 2.33. The van der Waals surface area contributed by atoms with Crippen LogP contribution in [0, 0.1) is 11.3 Å². The number of rotatable bonds is 1. The van der Waals surface area contributed by atoms with Gasteiger partial charge in [0.2, 0.25) is 0 Å². The summed E-state index contributed by atoms with van der Waals surface area (Å²) in [4.78, 5) is 12.6. The predicted octanol–water partition coefficient (Wildman–Crippen LogP) is 2.54. The maximum absolute atomic E-state index is 13.2. The van der Waals surface area contributed by atoms with Gasteiger partial charge < -0.3 is 4.74 Å². The molecule has 1 aliphatic heterocycles. The Bertz CT molecular complexity index is 344. The molecule has 1 rings (SSSR count). The molecular weight excluding hydrogens is 230 g/mol. The van der Waals surface area contributed by atoms with E-state index in [-0.39, 0.29) is 6.42 Å². The quantitative estimate of drug-likeness (QED) is 0.714. The largest absolute Gasteiger partial charge is 0.444 e. The topological polar surface area (TPSA) is 53.3 Å². The molecule has 0 bridgehead atoms. The van der Waals surface area contributed by atoms with Crippen LogP contribution in [-0.4, -0.2) is 35.1 Å². The molecule has 96 valence electrons. The average Bonchev–Trinajstić information content (AvgIpc) is 2.39. The lowest BCUT2D eigenvalue weighted by atomic mass is 10.1. The first-order valence-electron chi connectivity index (χ1n) is 5.39. The molecule has 0 N–H and O–H groups in total. The van der Waals surface area contributed by atoms with Crippen LogP contribution in [0.25, 0.3) is 0 Å². The summed E-state index contributed by atoms with van der Waals surface area (Å²) in [6, 6.07) is 1.05. The minimum atomic E-state index is -2.93. The maximum Gasteiger partial charge on any atom is 0.410 e. The van der Waals surface area contributed by atoms with Gasteiger partial charge in [0, 0.05) is 6.42 Å². The number of carbonyl (C=O) groups excluding carboxylic acids is 1. The highest BCUT2D eigenvalue weighted by Gasteiger charge is 2.47. The monoisotopic (exact) mass is 246 g/mol. The second-order valence-electron chi connectivity index (χ2n) is 5.18. The lowest BCUT2D eigenvalue weighted by Crippen LogP contribution is -2.40. The third-order valence-corrected chi connectivity index (χ3v) is 2.33. The molecule has 1 atom stereocenters. The molecule has 1 saturated heterocycles. The summed E-state index contributed by atoms with van der Waals surface area (Å²) >= 11 is 0. The molecule has 1 heterocycles. The zero-order valence-corrected chi connectivity index (χ0v) is 10.2. The Balaban J connectivity index is 2.74. The second kappa shape index (κ2) is 4.47. The Labute approximate surface area is 99.1 Å². The Kier molecular flexibility index (Phi) is 3.60. The number of halogens is 2. The summed E-state index contributed by atoms with van der Waals surface area (Å²) in [6.45, 7) is 4.32. The number of hydrogen-bond donors (Lipinski definition) is 0. The lowest BCUT2D eigenvalue weighted by Gasteiger charge is -2.27. The van der Waals surface area contributed by atoms with Gasteiger partial charge in [0.15, 0.2) is 0 Å². The molecule has 0 spiro atoms. The highest BCUT2D eigenvalue weighted by molar-refractivity contribution is 5.69. The van der Waals surface area contributed by atoms with Crippen LogP contribution in [0.5, 0.6) is 0 Å².